The maximum Gasteiger partial charge on any atom is 0.130 e. The van der Waals surface area contributed by atoms with Gasteiger partial charge in [-0.3, -0.25) is 0 Å². The van der Waals surface area contributed by atoms with Gasteiger partial charge >= 0.3 is 0 Å². The molecule has 0 amide bonds. The van der Waals surface area contributed by atoms with E-state index < -0.39 is 0 Å². The molecule has 1 N–H and O–H groups in total. The Labute approximate surface area is 174 Å². The van der Waals surface area contributed by atoms with Gasteiger partial charge in [-0.05, 0) is 53.9 Å². The lowest BCUT2D eigenvalue weighted by Gasteiger charge is -2.14. The Morgan fingerprint density at radius 3 is 2.30 bits per heavy atom. The molecule has 0 aliphatic carbocycles. The van der Waals surface area contributed by atoms with Crippen LogP contribution >= 0.6 is 0 Å². The zero-order valence-electron chi connectivity index (χ0n) is 17.1. The molecule has 0 radical (unpaired) electrons. The van der Waals surface area contributed by atoms with E-state index in [9.17, 15) is 9.50 Å². The molecular weight excluding hydrogens is 381 g/mol. The van der Waals surface area contributed by atoms with Crippen molar-refractivity contribution in [3.05, 3.63) is 77.6 Å². The van der Waals surface area contributed by atoms with Gasteiger partial charge in [0.1, 0.15) is 17.3 Å². The van der Waals surface area contributed by atoms with Crippen LogP contribution in [0.4, 0.5) is 4.39 Å². The number of aliphatic hydroxyl groups is 1. The van der Waals surface area contributed by atoms with Crippen LogP contribution in [0.3, 0.4) is 0 Å². The normalized spacial score (nSPS) is 11.0. The van der Waals surface area contributed by atoms with Crippen LogP contribution in [0.25, 0.3) is 33.3 Å². The molecule has 4 rings (SSSR count). The maximum absolute atomic E-state index is 13.7. The fourth-order valence-electron chi connectivity index (χ4n) is 3.73. The molecule has 0 bridgehead atoms. The SMILES string of the molecule is COc1ccc(-c2ccc(-c3nc4ccc(F)cc4c(CO)c3C)cc2)c(OC)c1. The Morgan fingerprint density at radius 1 is 0.900 bits per heavy atom. The van der Waals surface area contributed by atoms with Gasteiger partial charge in [0.05, 0.1) is 32.0 Å². The van der Waals surface area contributed by atoms with Crippen LogP contribution in [0.2, 0.25) is 0 Å². The minimum absolute atomic E-state index is 0.178. The molecule has 4 nitrogen and oxygen atoms in total. The monoisotopic (exact) mass is 403 g/mol. The summed E-state index contributed by atoms with van der Waals surface area (Å²) in [7, 11) is 3.26. The second-order valence-electron chi connectivity index (χ2n) is 7.03. The summed E-state index contributed by atoms with van der Waals surface area (Å²) in [6.07, 6.45) is 0. The summed E-state index contributed by atoms with van der Waals surface area (Å²) in [5.74, 6) is 1.12. The number of ether oxygens (including phenoxy) is 2. The summed E-state index contributed by atoms with van der Waals surface area (Å²) < 4.78 is 24.5. The molecule has 30 heavy (non-hydrogen) atoms. The van der Waals surface area contributed by atoms with Crippen molar-refractivity contribution in [1.82, 2.24) is 4.98 Å². The molecule has 0 saturated carbocycles. The van der Waals surface area contributed by atoms with E-state index in [1.54, 1.807) is 20.3 Å². The molecule has 0 atom stereocenters. The highest BCUT2D eigenvalue weighted by Gasteiger charge is 2.14. The molecule has 152 valence electrons. The van der Waals surface area contributed by atoms with Crippen LogP contribution in [0.5, 0.6) is 11.5 Å². The summed E-state index contributed by atoms with van der Waals surface area (Å²) in [6, 6.07) is 18.2. The summed E-state index contributed by atoms with van der Waals surface area (Å²) in [5, 5.41) is 10.5. The van der Waals surface area contributed by atoms with Gasteiger partial charge in [0, 0.05) is 22.6 Å². The number of benzene rings is 3. The molecule has 0 aliphatic heterocycles. The van der Waals surface area contributed by atoms with Crippen molar-refractivity contribution in [1.29, 1.82) is 0 Å². The van der Waals surface area contributed by atoms with Crippen molar-refractivity contribution in [3.8, 4) is 33.9 Å². The van der Waals surface area contributed by atoms with Crippen molar-refractivity contribution >= 4 is 10.9 Å². The highest BCUT2D eigenvalue weighted by molar-refractivity contribution is 5.87. The first-order valence-corrected chi connectivity index (χ1v) is 9.58. The number of hydrogen-bond donors (Lipinski definition) is 1. The van der Waals surface area contributed by atoms with E-state index in [2.05, 4.69) is 0 Å². The van der Waals surface area contributed by atoms with E-state index in [0.29, 0.717) is 16.5 Å². The third kappa shape index (κ3) is 3.48. The Hall–Kier alpha value is -3.44. The van der Waals surface area contributed by atoms with Crippen molar-refractivity contribution in [3.63, 3.8) is 0 Å². The lowest BCUT2D eigenvalue weighted by Crippen LogP contribution is -1.99. The standard InChI is InChI=1S/C25H22FNO3/c1-15-22(14-28)21-12-18(26)8-11-23(21)27-25(15)17-6-4-16(5-7-17)20-10-9-19(29-2)13-24(20)30-3/h4-13,28H,14H2,1-3H3. The highest BCUT2D eigenvalue weighted by atomic mass is 19.1. The van der Waals surface area contributed by atoms with Crippen LogP contribution in [-0.4, -0.2) is 24.3 Å². The number of nitrogens with zero attached hydrogens (tertiary/aromatic N) is 1. The number of methoxy groups -OCH3 is 2. The molecule has 3 aromatic carbocycles. The first-order chi connectivity index (χ1) is 14.5. The summed E-state index contributed by atoms with van der Waals surface area (Å²) >= 11 is 0. The Balaban J connectivity index is 1.79. The predicted molar refractivity (Wildman–Crippen MR) is 116 cm³/mol. The Morgan fingerprint density at radius 2 is 1.63 bits per heavy atom. The number of hydrogen-bond acceptors (Lipinski definition) is 4. The molecule has 5 heteroatoms. The second-order valence-corrected chi connectivity index (χ2v) is 7.03. The maximum atomic E-state index is 13.7. The number of pyridine rings is 1. The molecular formula is C25H22FNO3. The lowest BCUT2D eigenvalue weighted by molar-refractivity contribution is 0.282. The van der Waals surface area contributed by atoms with E-state index >= 15 is 0 Å². The summed E-state index contributed by atoms with van der Waals surface area (Å²) in [5.41, 5.74) is 5.83. The van der Waals surface area contributed by atoms with E-state index in [1.807, 2.05) is 49.4 Å². The average Bonchev–Trinajstić information content (AvgIpc) is 2.78. The first-order valence-electron chi connectivity index (χ1n) is 9.58. The average molecular weight is 403 g/mol. The molecule has 0 saturated heterocycles. The van der Waals surface area contributed by atoms with Gasteiger partial charge in [0.2, 0.25) is 0 Å². The lowest BCUT2D eigenvalue weighted by atomic mass is 9.96. The minimum atomic E-state index is -0.344. The Bertz CT molecular complexity index is 1220. The number of aliphatic hydroxyl groups excluding tert-OH is 1. The number of halogens is 1. The predicted octanol–water partition coefficient (Wildman–Crippen LogP) is 5.53. The molecule has 1 aromatic heterocycles. The second kappa shape index (κ2) is 8.13. The van der Waals surface area contributed by atoms with Gasteiger partial charge in [-0.25, -0.2) is 9.37 Å². The van der Waals surface area contributed by atoms with Crippen LogP contribution in [0.1, 0.15) is 11.1 Å². The number of rotatable bonds is 5. The van der Waals surface area contributed by atoms with Crippen LogP contribution in [-0.2, 0) is 6.61 Å². The van der Waals surface area contributed by atoms with Crippen LogP contribution < -0.4 is 9.47 Å². The van der Waals surface area contributed by atoms with Crippen molar-refractivity contribution in [2.75, 3.05) is 14.2 Å². The first kappa shape index (κ1) is 19.9. The largest absolute Gasteiger partial charge is 0.497 e. The van der Waals surface area contributed by atoms with Crippen molar-refractivity contribution < 1.29 is 19.0 Å². The minimum Gasteiger partial charge on any atom is -0.497 e. The highest BCUT2D eigenvalue weighted by Crippen LogP contribution is 2.35. The molecule has 0 spiro atoms. The van der Waals surface area contributed by atoms with Gasteiger partial charge in [0.15, 0.2) is 0 Å². The summed E-state index contributed by atoms with van der Waals surface area (Å²) in [6.45, 7) is 1.72. The number of aromatic nitrogens is 1. The zero-order valence-corrected chi connectivity index (χ0v) is 17.1. The van der Waals surface area contributed by atoms with E-state index in [1.165, 1.54) is 12.1 Å². The summed E-state index contributed by atoms with van der Waals surface area (Å²) in [4.78, 5) is 4.73. The molecule has 0 fully saturated rings. The van der Waals surface area contributed by atoms with Gasteiger partial charge in [-0.2, -0.15) is 0 Å². The number of fused-ring (bicyclic) bond motifs is 1. The van der Waals surface area contributed by atoms with Crippen molar-refractivity contribution in [2.45, 2.75) is 13.5 Å². The fourth-order valence-corrected chi connectivity index (χ4v) is 3.73. The smallest absolute Gasteiger partial charge is 0.130 e. The van der Waals surface area contributed by atoms with Gasteiger partial charge < -0.3 is 14.6 Å². The topological polar surface area (TPSA) is 51.6 Å². The quantitative estimate of drug-likeness (QED) is 0.476. The third-order valence-electron chi connectivity index (χ3n) is 5.36. The zero-order chi connectivity index (χ0) is 21.3. The van der Waals surface area contributed by atoms with E-state index in [0.717, 1.165) is 39.4 Å². The van der Waals surface area contributed by atoms with Crippen molar-refractivity contribution in [2.24, 2.45) is 0 Å². The Kier molecular flexibility index (Phi) is 5.38. The van der Waals surface area contributed by atoms with Crippen LogP contribution in [0, 0.1) is 12.7 Å². The molecule has 4 aromatic rings. The molecule has 0 aliphatic rings. The molecule has 0 unspecified atom stereocenters. The van der Waals surface area contributed by atoms with Gasteiger partial charge in [-0.1, -0.05) is 24.3 Å². The van der Waals surface area contributed by atoms with Crippen LogP contribution in [0.15, 0.2) is 60.7 Å². The van der Waals surface area contributed by atoms with E-state index in [4.69, 9.17) is 14.5 Å². The fraction of sp³-hybridized carbons (Fsp3) is 0.160. The third-order valence-corrected chi connectivity index (χ3v) is 5.36. The molecule has 1 heterocycles. The van der Waals surface area contributed by atoms with Gasteiger partial charge in [0.25, 0.3) is 0 Å². The van der Waals surface area contributed by atoms with E-state index in [-0.39, 0.29) is 12.4 Å². The van der Waals surface area contributed by atoms with Gasteiger partial charge in [-0.15, -0.1) is 0 Å².